The van der Waals surface area contributed by atoms with Crippen molar-refractivity contribution in [1.29, 1.82) is 0 Å². The van der Waals surface area contributed by atoms with Crippen molar-refractivity contribution in [2.24, 2.45) is 17.3 Å². The Morgan fingerprint density at radius 2 is 1.67 bits per heavy atom. The van der Waals surface area contributed by atoms with E-state index >= 15 is 0 Å². The first kappa shape index (κ1) is 7.84. The van der Waals surface area contributed by atoms with E-state index in [1.165, 1.54) is 38.5 Å². The molecule has 1 heteroatoms. The van der Waals surface area contributed by atoms with Gasteiger partial charge in [-0.15, -0.1) is 0 Å². The van der Waals surface area contributed by atoms with Crippen LogP contribution in [-0.2, 0) is 0 Å². The van der Waals surface area contributed by atoms with Crippen LogP contribution in [0, 0.1) is 24.2 Å². The predicted octanol–water partition coefficient (Wildman–Crippen LogP) is 3.55. The number of hydrogen-bond acceptors (Lipinski definition) is 0. The first-order valence-corrected chi connectivity index (χ1v) is 5.91. The van der Waals surface area contributed by atoms with Gasteiger partial charge in [0.2, 0.25) is 0 Å². The minimum Gasteiger partial charge on any atom is -0.0853 e. The molecule has 0 heterocycles. The third-order valence-corrected chi connectivity index (χ3v) is 5.04. The Hall–Kier alpha value is 0.480. The Balaban J connectivity index is 1.98. The summed E-state index contributed by atoms with van der Waals surface area (Å²) in [4.78, 5) is 0. The Bertz CT molecular complexity index is 187. The zero-order valence-electron chi connectivity index (χ0n) is 7.48. The molecule has 0 aromatic carbocycles. The van der Waals surface area contributed by atoms with Crippen molar-refractivity contribution in [2.75, 3.05) is 0 Å². The third-order valence-electron chi connectivity index (χ3n) is 4.11. The lowest BCUT2D eigenvalue weighted by Crippen LogP contribution is -2.51. The molecule has 2 unspecified atom stereocenters. The van der Waals surface area contributed by atoms with Crippen LogP contribution in [0.15, 0.2) is 0 Å². The van der Waals surface area contributed by atoms with Crippen LogP contribution in [0.1, 0.15) is 38.5 Å². The highest BCUT2D eigenvalue weighted by molar-refractivity contribution is 9.10. The summed E-state index contributed by atoms with van der Waals surface area (Å²) < 4.78 is 0.513. The summed E-state index contributed by atoms with van der Waals surface area (Å²) in [7, 11) is 0. The molecule has 0 aromatic rings. The van der Waals surface area contributed by atoms with Crippen LogP contribution in [0.3, 0.4) is 0 Å². The van der Waals surface area contributed by atoms with Gasteiger partial charge >= 0.3 is 0 Å². The van der Waals surface area contributed by atoms with E-state index in [1.54, 1.807) is 0 Å². The van der Waals surface area contributed by atoms with E-state index in [-0.39, 0.29) is 0 Å². The van der Waals surface area contributed by atoms with Crippen LogP contribution in [-0.4, -0.2) is 4.32 Å². The number of alkyl halides is 1. The molecule has 4 fully saturated rings. The van der Waals surface area contributed by atoms with Crippen LogP contribution in [0.2, 0.25) is 0 Å². The maximum Gasteiger partial charge on any atom is 0.0268 e. The molecule has 2 atom stereocenters. The maximum atomic E-state index is 4.45. The van der Waals surface area contributed by atoms with E-state index in [0.717, 1.165) is 11.8 Å². The third kappa shape index (κ3) is 1.01. The van der Waals surface area contributed by atoms with Crippen LogP contribution >= 0.6 is 15.9 Å². The average Bonchev–Trinajstić information content (AvgIpc) is 1.75. The smallest absolute Gasteiger partial charge is 0.0268 e. The first-order chi connectivity index (χ1) is 5.57. The molecule has 0 amide bonds. The first-order valence-electron chi connectivity index (χ1n) is 5.11. The second-order valence-electron chi connectivity index (χ2n) is 5.61. The molecule has 4 rings (SSSR count). The number of hydrogen-bond donors (Lipinski definition) is 0. The van der Waals surface area contributed by atoms with Crippen molar-refractivity contribution in [3.8, 4) is 0 Å². The molecule has 0 saturated heterocycles. The maximum absolute atomic E-state index is 4.45. The molecule has 0 nitrogen and oxygen atoms in total. The summed E-state index contributed by atoms with van der Waals surface area (Å²) in [6, 6.07) is 0. The van der Waals surface area contributed by atoms with E-state index in [2.05, 4.69) is 22.9 Å². The van der Waals surface area contributed by atoms with Gasteiger partial charge < -0.3 is 0 Å². The van der Waals surface area contributed by atoms with Crippen molar-refractivity contribution >= 4 is 15.9 Å². The zero-order valence-corrected chi connectivity index (χ0v) is 9.07. The van der Waals surface area contributed by atoms with E-state index in [9.17, 15) is 0 Å². The van der Waals surface area contributed by atoms with E-state index < -0.39 is 0 Å². The minimum atomic E-state index is 0.466. The fraction of sp³-hybridized carbons (Fsp3) is 0.909. The van der Waals surface area contributed by atoms with Crippen molar-refractivity contribution in [3.05, 3.63) is 6.92 Å². The quantitative estimate of drug-likeness (QED) is 0.556. The highest BCUT2D eigenvalue weighted by Crippen LogP contribution is 2.63. The Morgan fingerprint density at radius 1 is 1.08 bits per heavy atom. The van der Waals surface area contributed by atoms with Crippen LogP contribution < -0.4 is 0 Å². The lowest BCUT2D eigenvalue weighted by Gasteiger charge is -2.59. The van der Waals surface area contributed by atoms with Gasteiger partial charge in [-0.2, -0.15) is 0 Å². The molecule has 4 aliphatic rings. The van der Waals surface area contributed by atoms with Crippen molar-refractivity contribution in [3.63, 3.8) is 0 Å². The van der Waals surface area contributed by atoms with Gasteiger partial charge in [-0.3, -0.25) is 0 Å². The molecule has 4 aliphatic carbocycles. The monoisotopic (exact) mass is 227 g/mol. The predicted molar refractivity (Wildman–Crippen MR) is 54.1 cm³/mol. The van der Waals surface area contributed by atoms with Crippen molar-refractivity contribution < 1.29 is 0 Å². The van der Waals surface area contributed by atoms with Gasteiger partial charge in [0.25, 0.3) is 0 Å². The molecule has 1 radical (unpaired) electrons. The van der Waals surface area contributed by atoms with E-state index in [0.29, 0.717) is 9.74 Å². The number of rotatable bonds is 0. The van der Waals surface area contributed by atoms with Crippen molar-refractivity contribution in [2.45, 2.75) is 42.8 Å². The fourth-order valence-electron chi connectivity index (χ4n) is 4.34. The summed E-state index contributed by atoms with van der Waals surface area (Å²) in [5.41, 5.74) is 0.466. The molecular weight excluding hydrogens is 212 g/mol. The fourth-order valence-corrected chi connectivity index (χ4v) is 5.85. The lowest BCUT2D eigenvalue weighted by atomic mass is 9.50. The van der Waals surface area contributed by atoms with Crippen LogP contribution in [0.25, 0.3) is 0 Å². The SMILES string of the molecule is [CH2]C12CC3CC(C1)CC(Br)(C3)C2. The molecule has 0 aromatic heterocycles. The zero-order chi connectivity index (χ0) is 8.40. The lowest BCUT2D eigenvalue weighted by molar-refractivity contribution is -0.00611. The number of halogens is 1. The molecule has 0 aliphatic heterocycles. The van der Waals surface area contributed by atoms with Gasteiger partial charge in [0.15, 0.2) is 0 Å². The molecule has 4 saturated carbocycles. The summed E-state index contributed by atoms with van der Waals surface area (Å²) >= 11 is 3.95. The van der Waals surface area contributed by atoms with Gasteiger partial charge in [-0.05, 0) is 62.7 Å². The summed E-state index contributed by atoms with van der Waals surface area (Å²) in [5.74, 6) is 2.01. The standard InChI is InChI=1S/C11H16Br/c1-10-3-8-2-9(4-10)6-11(12,5-8)7-10/h8-9H,1-7H2. The second-order valence-corrected chi connectivity index (χ2v) is 7.29. The van der Waals surface area contributed by atoms with Gasteiger partial charge in [0.1, 0.15) is 0 Å². The normalized spacial score (nSPS) is 62.5. The van der Waals surface area contributed by atoms with E-state index in [1.807, 2.05) is 0 Å². The largest absolute Gasteiger partial charge is 0.0853 e. The summed E-state index contributed by atoms with van der Waals surface area (Å²) in [6.07, 6.45) is 8.53. The van der Waals surface area contributed by atoms with Crippen LogP contribution in [0.4, 0.5) is 0 Å². The molecule has 0 N–H and O–H groups in total. The Kier molecular flexibility index (Phi) is 1.38. The summed E-state index contributed by atoms with van der Waals surface area (Å²) in [6.45, 7) is 4.45. The molecule has 67 valence electrons. The molecule has 12 heavy (non-hydrogen) atoms. The molecule has 4 bridgehead atoms. The molecular formula is C11H16Br. The van der Waals surface area contributed by atoms with Gasteiger partial charge in [-0.25, -0.2) is 0 Å². The molecule has 0 spiro atoms. The van der Waals surface area contributed by atoms with Gasteiger partial charge in [0.05, 0.1) is 0 Å². The topological polar surface area (TPSA) is 0 Å². The van der Waals surface area contributed by atoms with Gasteiger partial charge in [-0.1, -0.05) is 15.9 Å². The summed E-state index contributed by atoms with van der Waals surface area (Å²) in [5, 5.41) is 0. The van der Waals surface area contributed by atoms with Crippen LogP contribution in [0.5, 0.6) is 0 Å². The average molecular weight is 228 g/mol. The van der Waals surface area contributed by atoms with Crippen molar-refractivity contribution in [1.82, 2.24) is 0 Å². The second kappa shape index (κ2) is 2.10. The Labute approximate surface area is 83.2 Å². The van der Waals surface area contributed by atoms with Gasteiger partial charge in [0, 0.05) is 4.32 Å². The Morgan fingerprint density at radius 3 is 2.08 bits per heavy atom. The highest BCUT2D eigenvalue weighted by atomic mass is 79.9. The van der Waals surface area contributed by atoms with E-state index in [4.69, 9.17) is 0 Å². The minimum absolute atomic E-state index is 0.466. The highest BCUT2D eigenvalue weighted by Gasteiger charge is 2.54.